The van der Waals surface area contributed by atoms with Crippen LogP contribution in [0.15, 0.2) is 22.8 Å². The molecule has 0 aromatic carbocycles. The average Bonchev–Trinajstić information content (AvgIpc) is 3.18. The molecule has 2 N–H and O–H groups in total. The number of sulfonamides is 1. The lowest BCUT2D eigenvalue weighted by atomic mass is 10.4. The minimum absolute atomic E-state index is 0.0206. The molecule has 2 aromatic rings. The van der Waals surface area contributed by atoms with E-state index in [0.29, 0.717) is 26.2 Å². The number of H-pyrrole nitrogens is 1. The fourth-order valence-electron chi connectivity index (χ4n) is 2.26. The summed E-state index contributed by atoms with van der Waals surface area (Å²) in [6.07, 6.45) is 3.07. The molecule has 1 fully saturated rings. The van der Waals surface area contributed by atoms with E-state index in [-0.39, 0.29) is 17.2 Å². The molecule has 0 bridgehead atoms. The summed E-state index contributed by atoms with van der Waals surface area (Å²) in [6.45, 7) is 1.59. The summed E-state index contributed by atoms with van der Waals surface area (Å²) in [5.41, 5.74) is 0.289. The van der Waals surface area contributed by atoms with Gasteiger partial charge in [-0.1, -0.05) is 0 Å². The first-order valence-corrected chi connectivity index (χ1v) is 8.72. The van der Waals surface area contributed by atoms with Gasteiger partial charge in [0, 0.05) is 43.3 Å². The van der Waals surface area contributed by atoms with Crippen LogP contribution in [0.5, 0.6) is 0 Å². The first-order valence-electron chi connectivity index (χ1n) is 6.40. The van der Waals surface area contributed by atoms with Crippen molar-refractivity contribution >= 4 is 26.5 Å². The highest BCUT2D eigenvalue weighted by Gasteiger charge is 2.31. The molecular weight excluding hydrogens is 314 g/mol. The van der Waals surface area contributed by atoms with Crippen molar-refractivity contribution in [3.05, 3.63) is 23.3 Å². The van der Waals surface area contributed by atoms with Crippen molar-refractivity contribution in [2.45, 2.75) is 11.6 Å². The quantitative estimate of drug-likeness (QED) is 0.810. The van der Waals surface area contributed by atoms with Crippen molar-refractivity contribution in [3.63, 3.8) is 0 Å². The maximum absolute atomic E-state index is 12.5. The van der Waals surface area contributed by atoms with E-state index in [1.165, 1.54) is 21.8 Å². The molecular formula is C11H15N5O3S2. The Balaban J connectivity index is 1.74. The number of piperazine rings is 1. The van der Waals surface area contributed by atoms with E-state index in [1.54, 1.807) is 6.20 Å². The summed E-state index contributed by atoms with van der Waals surface area (Å²) in [5, 5.41) is 18.1. The number of hydrogen-bond acceptors (Lipinski definition) is 7. The maximum atomic E-state index is 12.5. The number of aromatic amines is 1. The highest BCUT2D eigenvalue weighted by molar-refractivity contribution is 7.89. The summed E-state index contributed by atoms with van der Waals surface area (Å²) < 4.78 is 26.5. The predicted octanol–water partition coefficient (Wildman–Crippen LogP) is -0.131. The number of aliphatic hydroxyl groups is 1. The summed E-state index contributed by atoms with van der Waals surface area (Å²) in [7, 11) is -3.64. The van der Waals surface area contributed by atoms with Crippen LogP contribution < -0.4 is 4.90 Å². The third-order valence-corrected chi connectivity index (χ3v) is 6.12. The molecule has 3 heterocycles. The minimum atomic E-state index is -3.64. The average molecular weight is 329 g/mol. The molecule has 3 rings (SSSR count). The maximum Gasteiger partial charge on any atom is 0.260 e. The van der Waals surface area contributed by atoms with E-state index >= 15 is 0 Å². The van der Waals surface area contributed by atoms with Gasteiger partial charge in [-0.3, -0.25) is 5.10 Å². The van der Waals surface area contributed by atoms with E-state index in [0.717, 1.165) is 5.13 Å². The number of nitrogens with zero attached hydrogens (tertiary/aromatic N) is 4. The summed E-state index contributed by atoms with van der Waals surface area (Å²) in [4.78, 5) is 6.30. The third-order valence-electron chi connectivity index (χ3n) is 3.37. The van der Waals surface area contributed by atoms with Gasteiger partial charge in [0.1, 0.15) is 0 Å². The number of hydrogen-bond donors (Lipinski definition) is 2. The second-order valence-corrected chi connectivity index (χ2v) is 7.34. The molecule has 0 unspecified atom stereocenters. The second kappa shape index (κ2) is 5.72. The largest absolute Gasteiger partial charge is 0.392 e. The molecule has 114 valence electrons. The van der Waals surface area contributed by atoms with Crippen LogP contribution >= 0.6 is 11.3 Å². The zero-order chi connectivity index (χ0) is 14.9. The monoisotopic (exact) mass is 329 g/mol. The van der Waals surface area contributed by atoms with Crippen LogP contribution in [0.4, 0.5) is 5.13 Å². The molecule has 0 atom stereocenters. The van der Waals surface area contributed by atoms with Gasteiger partial charge in [0.15, 0.2) is 10.2 Å². The van der Waals surface area contributed by atoms with Crippen LogP contribution in [0, 0.1) is 0 Å². The summed E-state index contributed by atoms with van der Waals surface area (Å²) in [5.74, 6) is 0. The van der Waals surface area contributed by atoms with Gasteiger partial charge in [-0.05, 0) is 0 Å². The molecule has 0 amide bonds. The molecule has 1 aliphatic rings. The second-order valence-electron chi connectivity index (χ2n) is 4.59. The molecule has 0 spiro atoms. The first kappa shape index (κ1) is 14.4. The van der Waals surface area contributed by atoms with Crippen LogP contribution in [0.3, 0.4) is 0 Å². The third kappa shape index (κ3) is 2.67. The van der Waals surface area contributed by atoms with E-state index in [4.69, 9.17) is 0 Å². The van der Waals surface area contributed by atoms with Crippen LogP contribution in [0.1, 0.15) is 5.56 Å². The number of aromatic nitrogens is 3. The Morgan fingerprint density at radius 2 is 2.10 bits per heavy atom. The van der Waals surface area contributed by atoms with Gasteiger partial charge in [0.2, 0.25) is 0 Å². The predicted molar refractivity (Wildman–Crippen MR) is 77.6 cm³/mol. The van der Waals surface area contributed by atoms with Crippen molar-refractivity contribution in [2.24, 2.45) is 0 Å². The lowest BCUT2D eigenvalue weighted by Crippen LogP contribution is -2.48. The molecule has 8 nitrogen and oxygen atoms in total. The zero-order valence-electron chi connectivity index (χ0n) is 11.1. The molecule has 1 aliphatic heterocycles. The minimum Gasteiger partial charge on any atom is -0.392 e. The molecule has 0 aliphatic carbocycles. The highest BCUT2D eigenvalue weighted by Crippen LogP contribution is 2.23. The Labute approximate surface area is 126 Å². The van der Waals surface area contributed by atoms with Gasteiger partial charge in [0.05, 0.1) is 12.8 Å². The lowest BCUT2D eigenvalue weighted by molar-refractivity contribution is 0.277. The van der Waals surface area contributed by atoms with Gasteiger partial charge in [0.25, 0.3) is 10.0 Å². The topological polar surface area (TPSA) is 102 Å². The smallest absolute Gasteiger partial charge is 0.260 e. The zero-order valence-corrected chi connectivity index (χ0v) is 12.8. The Kier molecular flexibility index (Phi) is 3.93. The molecule has 21 heavy (non-hydrogen) atoms. The Morgan fingerprint density at radius 1 is 1.33 bits per heavy atom. The summed E-state index contributed by atoms with van der Waals surface area (Å²) >= 11 is 1.54. The van der Waals surface area contributed by atoms with E-state index in [2.05, 4.69) is 20.1 Å². The normalized spacial score (nSPS) is 17.3. The van der Waals surface area contributed by atoms with Crippen LogP contribution in [0.25, 0.3) is 0 Å². The van der Waals surface area contributed by atoms with E-state index < -0.39 is 10.0 Å². The summed E-state index contributed by atoms with van der Waals surface area (Å²) in [6, 6.07) is 0. The van der Waals surface area contributed by atoms with Gasteiger partial charge >= 0.3 is 0 Å². The Morgan fingerprint density at radius 3 is 2.71 bits per heavy atom. The van der Waals surface area contributed by atoms with Crippen molar-refractivity contribution in [1.82, 2.24) is 19.5 Å². The standard InChI is InChI=1S/C11H15N5O3S2/c17-8-9-7-13-14-10(9)21(18,19)16-4-2-15(3-5-16)11-12-1-6-20-11/h1,6-7,17H,2-5,8H2,(H,13,14). The van der Waals surface area contributed by atoms with Crippen molar-refractivity contribution in [3.8, 4) is 0 Å². The highest BCUT2D eigenvalue weighted by atomic mass is 32.2. The number of nitrogens with one attached hydrogen (secondary N) is 1. The van der Waals surface area contributed by atoms with E-state index in [9.17, 15) is 13.5 Å². The number of aliphatic hydroxyl groups excluding tert-OH is 1. The molecule has 0 radical (unpaired) electrons. The molecule has 1 saturated heterocycles. The van der Waals surface area contributed by atoms with Crippen LogP contribution in [-0.4, -0.2) is 59.2 Å². The van der Waals surface area contributed by atoms with Crippen molar-refractivity contribution in [1.29, 1.82) is 0 Å². The molecule has 10 heteroatoms. The van der Waals surface area contributed by atoms with Crippen LogP contribution in [0.2, 0.25) is 0 Å². The number of rotatable bonds is 4. The van der Waals surface area contributed by atoms with Gasteiger partial charge in [-0.2, -0.15) is 9.40 Å². The number of thiazole rings is 1. The Hall–Kier alpha value is -1.49. The fraction of sp³-hybridized carbons (Fsp3) is 0.455. The van der Waals surface area contributed by atoms with Gasteiger partial charge in [-0.25, -0.2) is 13.4 Å². The van der Waals surface area contributed by atoms with Crippen LogP contribution in [-0.2, 0) is 16.6 Å². The van der Waals surface area contributed by atoms with Gasteiger partial charge < -0.3 is 10.0 Å². The SMILES string of the molecule is O=S(=O)(c1[nH]ncc1CO)N1CCN(c2nccs2)CC1. The fourth-order valence-corrected chi connectivity index (χ4v) is 4.47. The lowest BCUT2D eigenvalue weighted by Gasteiger charge is -2.33. The van der Waals surface area contributed by atoms with Gasteiger partial charge in [-0.15, -0.1) is 11.3 Å². The Bertz CT molecular complexity index is 689. The van der Waals surface area contributed by atoms with Crippen molar-refractivity contribution < 1.29 is 13.5 Å². The first-order chi connectivity index (χ1) is 10.1. The van der Waals surface area contributed by atoms with E-state index in [1.807, 2.05) is 5.38 Å². The molecule has 0 saturated carbocycles. The molecule has 2 aromatic heterocycles. The van der Waals surface area contributed by atoms with Crippen molar-refractivity contribution in [2.75, 3.05) is 31.1 Å². The number of anilines is 1.